The van der Waals surface area contributed by atoms with Crippen LogP contribution in [0.1, 0.15) is 20.8 Å². The maximum atomic E-state index is 15.6. The molecule has 4 rings (SSSR count). The van der Waals surface area contributed by atoms with Crippen molar-refractivity contribution in [3.8, 4) is 22.8 Å². The summed E-state index contributed by atoms with van der Waals surface area (Å²) in [6.45, 7) is 5.36. The van der Waals surface area contributed by atoms with E-state index in [0.29, 0.717) is 16.6 Å². The van der Waals surface area contributed by atoms with Gasteiger partial charge in [0.05, 0.1) is 39.4 Å². The van der Waals surface area contributed by atoms with Gasteiger partial charge in [-0.1, -0.05) is 0 Å². The van der Waals surface area contributed by atoms with Gasteiger partial charge in [-0.25, -0.2) is 23.7 Å². The van der Waals surface area contributed by atoms with E-state index in [-0.39, 0.29) is 29.6 Å². The van der Waals surface area contributed by atoms with Crippen molar-refractivity contribution in [1.29, 1.82) is 0 Å². The number of nitrogens with zero attached hydrogens (tertiary/aromatic N) is 7. The predicted octanol–water partition coefficient (Wildman–Crippen LogP) is 4.41. The first-order valence-corrected chi connectivity index (χ1v) is 13.9. The smallest absolute Gasteiger partial charge is 0.310 e. The number of rotatable bonds is 8. The summed E-state index contributed by atoms with van der Waals surface area (Å²) in [4.78, 5) is 25.1. The molecule has 0 bridgehead atoms. The Morgan fingerprint density at radius 2 is 2.03 bits per heavy atom. The number of fused-ring (bicyclic) bond motifs is 1. The second-order valence-electron chi connectivity index (χ2n) is 7.75. The highest BCUT2D eigenvalue weighted by molar-refractivity contribution is 14.2. The van der Waals surface area contributed by atoms with E-state index in [0.717, 1.165) is 6.20 Å². The SMILES string of the molecule is CCOC(=O)[C@@H](C)[C@H](C)Nc1nc(-c2nn(SI)c3ncc(F)cc23)nc(-c2cnn(C)c2)c1F. The van der Waals surface area contributed by atoms with E-state index in [1.54, 1.807) is 34.0 Å². The van der Waals surface area contributed by atoms with E-state index in [2.05, 4.69) is 30.5 Å². The van der Waals surface area contributed by atoms with Crippen molar-refractivity contribution in [1.82, 2.24) is 33.9 Å². The number of hydrogen-bond acceptors (Lipinski definition) is 9. The molecule has 35 heavy (non-hydrogen) atoms. The van der Waals surface area contributed by atoms with Crippen LogP contribution in [0.5, 0.6) is 0 Å². The van der Waals surface area contributed by atoms with Gasteiger partial charge < -0.3 is 10.1 Å². The van der Waals surface area contributed by atoms with Crippen LogP contribution in [0.15, 0.2) is 24.7 Å². The predicted molar refractivity (Wildman–Crippen MR) is 137 cm³/mol. The van der Waals surface area contributed by atoms with E-state index in [4.69, 9.17) is 4.74 Å². The Balaban J connectivity index is 1.87. The second-order valence-corrected chi connectivity index (χ2v) is 9.42. The monoisotopic (exact) mass is 614 g/mol. The Labute approximate surface area is 215 Å². The number of hydrogen-bond donors (Lipinski definition) is 1. The summed E-state index contributed by atoms with van der Waals surface area (Å²) in [7, 11) is 2.94. The van der Waals surface area contributed by atoms with Gasteiger partial charge in [0.15, 0.2) is 23.1 Å². The van der Waals surface area contributed by atoms with Gasteiger partial charge in [-0.2, -0.15) is 14.3 Å². The molecule has 2 atom stereocenters. The van der Waals surface area contributed by atoms with E-state index >= 15 is 4.39 Å². The summed E-state index contributed by atoms with van der Waals surface area (Å²) in [6, 6.07) is 0.759. The van der Waals surface area contributed by atoms with Crippen molar-refractivity contribution < 1.29 is 18.3 Å². The first kappa shape index (κ1) is 25.2. The molecule has 1 N–H and O–H groups in total. The fourth-order valence-corrected chi connectivity index (χ4v) is 4.51. The molecular weight excluding hydrogens is 593 g/mol. The number of nitrogens with one attached hydrogen (secondary N) is 1. The Morgan fingerprint density at radius 3 is 2.69 bits per heavy atom. The summed E-state index contributed by atoms with van der Waals surface area (Å²) in [5, 5.41) is 11.9. The summed E-state index contributed by atoms with van der Waals surface area (Å²) in [6.07, 6.45) is 4.18. The van der Waals surface area contributed by atoms with E-state index in [1.807, 2.05) is 21.2 Å². The quantitative estimate of drug-likeness (QED) is 0.228. The Kier molecular flexibility index (Phi) is 7.49. The Hall–Kier alpha value is -2.88. The van der Waals surface area contributed by atoms with Crippen molar-refractivity contribution in [2.45, 2.75) is 26.8 Å². The first-order chi connectivity index (χ1) is 16.7. The fourth-order valence-electron chi connectivity index (χ4n) is 3.37. The molecule has 10 nitrogen and oxygen atoms in total. The zero-order valence-corrected chi connectivity index (χ0v) is 22.1. The van der Waals surface area contributed by atoms with Crippen LogP contribution in [0.2, 0.25) is 0 Å². The highest BCUT2D eigenvalue weighted by atomic mass is 127. The highest BCUT2D eigenvalue weighted by Gasteiger charge is 2.26. The topological polar surface area (TPSA) is 113 Å². The Bertz CT molecular complexity index is 1400. The number of aromatic nitrogens is 7. The number of pyridine rings is 1. The van der Waals surface area contributed by atoms with Crippen LogP contribution in [-0.4, -0.2) is 52.5 Å². The first-order valence-electron chi connectivity index (χ1n) is 10.6. The largest absolute Gasteiger partial charge is 0.466 e. The third kappa shape index (κ3) is 5.07. The number of carbonyl (C=O) groups excluding carboxylic acids is 1. The molecule has 4 aromatic rings. The molecule has 0 aliphatic rings. The number of esters is 1. The summed E-state index contributed by atoms with van der Waals surface area (Å²) in [5.74, 6) is -2.34. The van der Waals surface area contributed by atoms with Crippen LogP contribution in [-0.2, 0) is 16.6 Å². The van der Waals surface area contributed by atoms with Crippen molar-refractivity contribution in [3.05, 3.63) is 36.3 Å². The number of carbonyl (C=O) groups is 1. The lowest BCUT2D eigenvalue weighted by atomic mass is 10.0. The molecule has 0 aliphatic heterocycles. The summed E-state index contributed by atoms with van der Waals surface area (Å²) < 4.78 is 37.8. The van der Waals surface area contributed by atoms with Crippen LogP contribution in [0, 0.1) is 17.6 Å². The van der Waals surface area contributed by atoms with E-state index in [9.17, 15) is 9.18 Å². The number of anilines is 1. The second kappa shape index (κ2) is 10.4. The average molecular weight is 614 g/mol. The van der Waals surface area contributed by atoms with Crippen molar-refractivity contribution in [3.63, 3.8) is 0 Å². The van der Waals surface area contributed by atoms with Gasteiger partial charge in [-0.05, 0) is 26.8 Å². The third-order valence-electron chi connectivity index (χ3n) is 5.34. The summed E-state index contributed by atoms with van der Waals surface area (Å²) in [5.41, 5.74) is 1.04. The van der Waals surface area contributed by atoms with Gasteiger partial charge in [-0.3, -0.25) is 9.48 Å². The molecule has 0 radical (unpaired) electrons. The minimum atomic E-state index is -0.721. The van der Waals surface area contributed by atoms with Crippen LogP contribution in [0.4, 0.5) is 14.6 Å². The molecule has 0 spiro atoms. The minimum absolute atomic E-state index is 0.0178. The molecule has 0 saturated heterocycles. The lowest BCUT2D eigenvalue weighted by Gasteiger charge is -2.21. The highest BCUT2D eigenvalue weighted by Crippen LogP contribution is 2.33. The zero-order valence-electron chi connectivity index (χ0n) is 19.2. The number of halogens is 3. The molecular formula is C21H21F2IN8O2S. The zero-order chi connectivity index (χ0) is 25.3. The lowest BCUT2D eigenvalue weighted by Crippen LogP contribution is -2.32. The minimum Gasteiger partial charge on any atom is -0.466 e. The van der Waals surface area contributed by atoms with Gasteiger partial charge in [0, 0.05) is 46.1 Å². The Morgan fingerprint density at radius 1 is 1.26 bits per heavy atom. The van der Waals surface area contributed by atoms with Crippen LogP contribution in [0.3, 0.4) is 0 Å². The fraction of sp³-hybridized carbons (Fsp3) is 0.333. The average Bonchev–Trinajstić information content (AvgIpc) is 3.43. The molecule has 14 heteroatoms. The molecule has 0 aliphatic carbocycles. The van der Waals surface area contributed by atoms with E-state index < -0.39 is 29.6 Å². The molecule has 4 heterocycles. The van der Waals surface area contributed by atoms with Gasteiger partial charge >= 0.3 is 5.97 Å². The van der Waals surface area contributed by atoms with Gasteiger partial charge in [0.2, 0.25) is 0 Å². The third-order valence-corrected chi connectivity index (χ3v) is 6.84. The van der Waals surface area contributed by atoms with Crippen LogP contribution < -0.4 is 5.32 Å². The molecule has 0 saturated carbocycles. The van der Waals surface area contributed by atoms with Crippen molar-refractivity contribution in [2.75, 3.05) is 11.9 Å². The lowest BCUT2D eigenvalue weighted by molar-refractivity contribution is -0.147. The van der Waals surface area contributed by atoms with Crippen LogP contribution in [0.25, 0.3) is 33.8 Å². The van der Waals surface area contributed by atoms with Gasteiger partial charge in [0.25, 0.3) is 0 Å². The number of ether oxygens (including phenoxy) is 1. The number of aryl methyl sites for hydroxylation is 1. The van der Waals surface area contributed by atoms with Gasteiger partial charge in [0.1, 0.15) is 17.2 Å². The molecule has 184 valence electrons. The van der Waals surface area contributed by atoms with Gasteiger partial charge in [-0.15, -0.1) is 0 Å². The molecule has 0 aromatic carbocycles. The molecule has 4 aromatic heterocycles. The molecule has 0 unspecified atom stereocenters. The molecule has 0 amide bonds. The molecule has 0 fully saturated rings. The summed E-state index contributed by atoms with van der Waals surface area (Å²) >= 11 is 2.02. The van der Waals surface area contributed by atoms with Crippen LogP contribution >= 0.6 is 30.3 Å². The standard InChI is InChI=1S/C21H21F2IN8O2S/c1-5-34-21(33)10(2)11(3)27-18-15(23)16(12-7-26-31(4)9-12)28-19(29-18)17-14-6-13(22)8-25-20(14)32(30-17)35-24/h6-11H,5H2,1-4H3,(H,27,28,29)/t10-,11-/m0/s1. The maximum absolute atomic E-state index is 15.6. The van der Waals surface area contributed by atoms with Crippen molar-refractivity contribution in [2.24, 2.45) is 13.0 Å². The van der Waals surface area contributed by atoms with E-state index in [1.165, 1.54) is 30.2 Å². The maximum Gasteiger partial charge on any atom is 0.310 e. The van der Waals surface area contributed by atoms with Crippen molar-refractivity contribution >= 4 is 53.1 Å². The normalized spacial score (nSPS) is 13.1.